The van der Waals surface area contributed by atoms with Crippen LogP contribution in [-0.2, 0) is 11.8 Å². The number of rotatable bonds is 12. The molecule has 6 aromatic rings. The van der Waals surface area contributed by atoms with E-state index in [9.17, 15) is 0 Å². The molecule has 0 amide bonds. The highest BCUT2D eigenvalue weighted by Crippen LogP contribution is 2.34. The first-order valence-electron chi connectivity index (χ1n) is 16.8. The highest BCUT2D eigenvalue weighted by atomic mass is 14.9. The van der Waals surface area contributed by atoms with Gasteiger partial charge in [-0.05, 0) is 146 Å². The fourth-order valence-electron chi connectivity index (χ4n) is 6.07. The first kappa shape index (κ1) is 32.5. The highest BCUT2D eigenvalue weighted by Gasteiger charge is 2.21. The van der Waals surface area contributed by atoms with E-state index in [0.717, 1.165) is 52.7 Å². The van der Waals surface area contributed by atoms with Gasteiger partial charge in [-0.25, -0.2) is 0 Å². The molecule has 6 rings (SSSR count). The average molecular weight is 631 g/mol. The summed E-state index contributed by atoms with van der Waals surface area (Å²) in [6, 6.07) is 49.1. The molecule has 0 bridgehead atoms. The van der Waals surface area contributed by atoms with Crippen LogP contribution in [0.15, 0.2) is 140 Å². The summed E-state index contributed by atoms with van der Waals surface area (Å²) in [6.07, 6.45) is 2.02. The van der Waals surface area contributed by atoms with Crippen molar-refractivity contribution in [2.45, 2.75) is 52.9 Å². The number of aryl methyl sites for hydroxylation is 3. The lowest BCUT2D eigenvalue weighted by Gasteiger charge is -2.27. The summed E-state index contributed by atoms with van der Waals surface area (Å²) in [5.74, 6) is 0. The summed E-state index contributed by atoms with van der Waals surface area (Å²) in [5, 5.41) is 14.3. The Balaban J connectivity index is 1.06. The zero-order chi connectivity index (χ0) is 33.5. The summed E-state index contributed by atoms with van der Waals surface area (Å²) in [7, 11) is 0. The summed E-state index contributed by atoms with van der Waals surface area (Å²) in [4.78, 5) is 0. The lowest BCUT2D eigenvalue weighted by molar-refractivity contribution is 0.480. The van der Waals surface area contributed by atoms with Crippen LogP contribution in [0.5, 0.6) is 0 Å². The Morgan fingerprint density at radius 1 is 0.396 bits per heavy atom. The van der Waals surface area contributed by atoms with Crippen molar-refractivity contribution in [1.82, 2.24) is 0 Å². The zero-order valence-electron chi connectivity index (χ0n) is 28.7. The molecule has 242 valence electrons. The first-order chi connectivity index (χ1) is 23.2. The fraction of sp³-hybridized carbons (Fsp3) is 0.182. The topological polar surface area (TPSA) is 48.1 Å². The molecule has 0 aromatic heterocycles. The molecule has 4 heteroatoms. The second-order valence-electron chi connectivity index (χ2n) is 13.3. The molecule has 6 aromatic carbocycles. The Kier molecular flexibility index (Phi) is 9.82. The maximum Gasteiger partial charge on any atom is 0.0419 e. The third-order valence-corrected chi connectivity index (χ3v) is 9.26. The van der Waals surface area contributed by atoms with Crippen LogP contribution < -0.4 is 21.3 Å². The standard InChI is InChI=1S/C44H46N4/c1-31-13-10-16-43(48-39-27-25-38(26-28-39)47-42-15-9-7-12-33(42)3)40(31)29-30-44(4,5)34-17-19-35(20-18-34)45-36-21-23-37(24-22-36)46-41-14-8-6-11-32(41)2/h6-28,45-48H,29-30H2,1-5H3. The normalized spacial score (nSPS) is 11.2. The molecular formula is C44H46N4. The quantitative estimate of drug-likeness (QED) is 0.109. The molecule has 0 fully saturated rings. The van der Waals surface area contributed by atoms with Gasteiger partial charge in [-0.1, -0.05) is 74.5 Å². The van der Waals surface area contributed by atoms with Crippen molar-refractivity contribution in [3.8, 4) is 0 Å². The van der Waals surface area contributed by atoms with Crippen molar-refractivity contribution in [2.24, 2.45) is 0 Å². The van der Waals surface area contributed by atoms with Gasteiger partial charge in [-0.2, -0.15) is 0 Å². The van der Waals surface area contributed by atoms with E-state index in [2.05, 4.69) is 195 Å². The van der Waals surface area contributed by atoms with Crippen molar-refractivity contribution in [3.05, 3.63) is 167 Å². The third kappa shape index (κ3) is 8.08. The Labute approximate surface area is 286 Å². The SMILES string of the molecule is Cc1ccccc1Nc1ccc(Nc2ccc(C(C)(C)CCc3c(C)cccc3Nc3ccc(Nc4ccccc4C)cc3)cc2)cc1. The van der Waals surface area contributed by atoms with Crippen LogP contribution in [0.25, 0.3) is 0 Å². The zero-order valence-corrected chi connectivity index (χ0v) is 28.7. The van der Waals surface area contributed by atoms with Crippen LogP contribution >= 0.6 is 0 Å². The largest absolute Gasteiger partial charge is 0.356 e. The second-order valence-corrected chi connectivity index (χ2v) is 13.3. The van der Waals surface area contributed by atoms with Gasteiger partial charge < -0.3 is 21.3 Å². The molecule has 0 atom stereocenters. The maximum absolute atomic E-state index is 3.70. The van der Waals surface area contributed by atoms with Crippen molar-refractivity contribution in [3.63, 3.8) is 0 Å². The van der Waals surface area contributed by atoms with Crippen LogP contribution in [-0.4, -0.2) is 0 Å². The summed E-state index contributed by atoms with van der Waals surface area (Å²) in [5.41, 5.74) is 15.3. The summed E-state index contributed by atoms with van der Waals surface area (Å²) in [6.45, 7) is 11.2. The number of hydrogen-bond acceptors (Lipinski definition) is 4. The van der Waals surface area contributed by atoms with Gasteiger partial charge in [0, 0.05) is 45.5 Å². The minimum absolute atomic E-state index is 0.0177. The smallest absolute Gasteiger partial charge is 0.0419 e. The van der Waals surface area contributed by atoms with E-state index in [1.54, 1.807) is 0 Å². The second kappa shape index (κ2) is 14.5. The van der Waals surface area contributed by atoms with Crippen LogP contribution in [0.1, 0.15) is 48.1 Å². The van der Waals surface area contributed by atoms with Gasteiger partial charge in [0.2, 0.25) is 0 Å². The van der Waals surface area contributed by atoms with Gasteiger partial charge in [0.05, 0.1) is 0 Å². The van der Waals surface area contributed by atoms with E-state index >= 15 is 0 Å². The molecule has 0 aliphatic heterocycles. The highest BCUT2D eigenvalue weighted by molar-refractivity contribution is 5.70. The third-order valence-electron chi connectivity index (χ3n) is 9.26. The van der Waals surface area contributed by atoms with Crippen molar-refractivity contribution in [2.75, 3.05) is 21.3 Å². The molecule has 0 heterocycles. The number of hydrogen-bond donors (Lipinski definition) is 4. The Hall–Kier alpha value is -5.48. The number of nitrogens with one attached hydrogen (secondary N) is 4. The molecule has 0 unspecified atom stereocenters. The molecule has 4 nitrogen and oxygen atoms in total. The summed E-state index contributed by atoms with van der Waals surface area (Å²) >= 11 is 0. The Morgan fingerprint density at radius 3 is 1.25 bits per heavy atom. The minimum atomic E-state index is 0.0177. The Bertz CT molecular complexity index is 1960. The minimum Gasteiger partial charge on any atom is -0.356 e. The molecule has 0 saturated heterocycles. The monoisotopic (exact) mass is 630 g/mol. The van der Waals surface area contributed by atoms with Gasteiger partial charge in [-0.15, -0.1) is 0 Å². The van der Waals surface area contributed by atoms with Crippen molar-refractivity contribution >= 4 is 45.5 Å². The van der Waals surface area contributed by atoms with E-state index in [1.807, 2.05) is 0 Å². The molecule has 0 aliphatic carbocycles. The lowest BCUT2D eigenvalue weighted by atomic mass is 9.79. The van der Waals surface area contributed by atoms with Crippen LogP contribution in [0, 0.1) is 20.8 Å². The molecule has 4 N–H and O–H groups in total. The number of anilines is 8. The van der Waals surface area contributed by atoms with E-state index in [0.29, 0.717) is 0 Å². The Morgan fingerprint density at radius 2 is 0.771 bits per heavy atom. The molecule has 0 radical (unpaired) electrons. The summed E-state index contributed by atoms with van der Waals surface area (Å²) < 4.78 is 0. The maximum atomic E-state index is 3.70. The predicted molar refractivity (Wildman–Crippen MR) is 207 cm³/mol. The van der Waals surface area contributed by atoms with E-state index < -0.39 is 0 Å². The lowest BCUT2D eigenvalue weighted by Crippen LogP contribution is -2.18. The number of benzene rings is 6. The van der Waals surface area contributed by atoms with Gasteiger partial charge in [-0.3, -0.25) is 0 Å². The van der Waals surface area contributed by atoms with Crippen LogP contribution in [0.2, 0.25) is 0 Å². The van der Waals surface area contributed by atoms with Crippen molar-refractivity contribution in [1.29, 1.82) is 0 Å². The molecule has 0 aliphatic rings. The fourth-order valence-corrected chi connectivity index (χ4v) is 6.07. The van der Waals surface area contributed by atoms with Gasteiger partial charge in [0.15, 0.2) is 0 Å². The van der Waals surface area contributed by atoms with Crippen molar-refractivity contribution < 1.29 is 0 Å². The van der Waals surface area contributed by atoms with Gasteiger partial charge in [0.25, 0.3) is 0 Å². The number of para-hydroxylation sites is 2. The first-order valence-corrected chi connectivity index (χ1v) is 16.8. The van der Waals surface area contributed by atoms with Crippen LogP contribution in [0.3, 0.4) is 0 Å². The van der Waals surface area contributed by atoms with E-state index in [-0.39, 0.29) is 5.41 Å². The van der Waals surface area contributed by atoms with E-state index in [1.165, 1.54) is 33.5 Å². The van der Waals surface area contributed by atoms with Crippen LogP contribution in [0.4, 0.5) is 45.5 Å². The molecular weight excluding hydrogens is 585 g/mol. The van der Waals surface area contributed by atoms with Gasteiger partial charge >= 0.3 is 0 Å². The van der Waals surface area contributed by atoms with Gasteiger partial charge in [0.1, 0.15) is 0 Å². The average Bonchev–Trinajstić information content (AvgIpc) is 3.08. The molecule has 48 heavy (non-hydrogen) atoms. The van der Waals surface area contributed by atoms with E-state index in [4.69, 9.17) is 0 Å². The molecule has 0 saturated carbocycles. The molecule has 0 spiro atoms. The predicted octanol–water partition coefficient (Wildman–Crippen LogP) is 12.5.